The van der Waals surface area contributed by atoms with Crippen molar-refractivity contribution in [2.45, 2.75) is 18.9 Å². The lowest BCUT2D eigenvalue weighted by atomic mass is 9.86. The van der Waals surface area contributed by atoms with Crippen molar-refractivity contribution in [2.24, 2.45) is 0 Å². The highest BCUT2D eigenvalue weighted by molar-refractivity contribution is 5.99. The molecule has 1 aromatic heterocycles. The number of hydrogen-bond donors (Lipinski definition) is 0. The Hall–Kier alpha value is -5.40. The fraction of sp³-hybridized carbons (Fsp3) is 0.179. The van der Waals surface area contributed by atoms with Crippen molar-refractivity contribution in [3.05, 3.63) is 142 Å². The van der Waals surface area contributed by atoms with Crippen molar-refractivity contribution >= 4 is 39.8 Å². The molecule has 230 valence electrons. The van der Waals surface area contributed by atoms with E-state index in [4.69, 9.17) is 13.9 Å². The van der Waals surface area contributed by atoms with Crippen LogP contribution in [0.25, 0.3) is 22.1 Å². The lowest BCUT2D eigenvalue weighted by Crippen LogP contribution is -2.28. The van der Waals surface area contributed by atoms with Crippen LogP contribution in [0.15, 0.2) is 119 Å². The van der Waals surface area contributed by atoms with Crippen LogP contribution in [0.5, 0.6) is 11.5 Å². The second kappa shape index (κ2) is 12.5. The lowest BCUT2D eigenvalue weighted by Gasteiger charge is -2.32. The number of nitrogens with zero attached hydrogens (tertiary/aromatic N) is 2. The maximum atomic E-state index is 14.0. The first-order valence-electron chi connectivity index (χ1n) is 15.4. The third kappa shape index (κ3) is 5.29. The molecule has 0 saturated heterocycles. The summed E-state index contributed by atoms with van der Waals surface area (Å²) in [7, 11) is 3.14. The Morgan fingerprint density at radius 3 is 2.30 bits per heavy atom. The second-order valence-electron chi connectivity index (χ2n) is 11.5. The van der Waals surface area contributed by atoms with Gasteiger partial charge in [0.2, 0.25) is 0 Å². The van der Waals surface area contributed by atoms with Gasteiger partial charge in [0, 0.05) is 54.9 Å². The number of allylic oxidation sites excluding steroid dienone is 1. The Balaban J connectivity index is 1.38. The number of methoxy groups -OCH3 is 2. The summed E-state index contributed by atoms with van der Waals surface area (Å²) >= 11 is 0. The zero-order valence-electron chi connectivity index (χ0n) is 25.8. The average molecular weight is 611 g/mol. The lowest BCUT2D eigenvalue weighted by molar-refractivity contribution is -0.108. The van der Waals surface area contributed by atoms with E-state index in [9.17, 15) is 9.59 Å². The molecule has 0 saturated carbocycles. The van der Waals surface area contributed by atoms with Crippen LogP contribution in [0, 0.1) is 0 Å². The number of para-hydroxylation sites is 2. The van der Waals surface area contributed by atoms with E-state index in [2.05, 4.69) is 35.2 Å². The predicted molar refractivity (Wildman–Crippen MR) is 182 cm³/mol. The predicted octanol–water partition coefficient (Wildman–Crippen LogP) is 7.57. The van der Waals surface area contributed by atoms with E-state index >= 15 is 0 Å². The van der Waals surface area contributed by atoms with E-state index in [-0.39, 0.29) is 5.43 Å². The third-order valence-corrected chi connectivity index (χ3v) is 8.82. The molecule has 1 atom stereocenters. The summed E-state index contributed by atoms with van der Waals surface area (Å²) in [6.07, 6.45) is 5.74. The largest absolute Gasteiger partial charge is 0.496 e. The molecule has 7 nitrogen and oxygen atoms in total. The van der Waals surface area contributed by atoms with Gasteiger partial charge in [-0.25, -0.2) is 0 Å². The van der Waals surface area contributed by atoms with Gasteiger partial charge in [-0.2, -0.15) is 0 Å². The minimum Gasteiger partial charge on any atom is -0.496 e. The topological polar surface area (TPSA) is 72.2 Å². The van der Waals surface area contributed by atoms with Crippen molar-refractivity contribution in [1.29, 1.82) is 0 Å². The number of benzene rings is 4. The maximum absolute atomic E-state index is 14.0. The van der Waals surface area contributed by atoms with E-state index in [0.717, 1.165) is 60.4 Å². The summed E-state index contributed by atoms with van der Waals surface area (Å²) in [6, 6.07) is 31.4. The van der Waals surface area contributed by atoms with E-state index in [1.165, 1.54) is 18.7 Å². The molecule has 7 rings (SSSR count). The molecule has 3 heterocycles. The second-order valence-corrected chi connectivity index (χ2v) is 11.5. The zero-order chi connectivity index (χ0) is 31.6. The van der Waals surface area contributed by atoms with Crippen LogP contribution >= 0.6 is 0 Å². The molecule has 4 aromatic carbocycles. The minimum absolute atomic E-state index is 0.255. The molecule has 5 aromatic rings. The number of fused-ring (bicyclic) bond motifs is 2. The Labute approximate surface area is 267 Å². The van der Waals surface area contributed by atoms with Gasteiger partial charge in [-0.3, -0.25) is 9.69 Å². The van der Waals surface area contributed by atoms with Gasteiger partial charge in [-0.15, -0.1) is 0 Å². The van der Waals surface area contributed by atoms with Gasteiger partial charge >= 0.3 is 0 Å². The molecule has 46 heavy (non-hydrogen) atoms. The SMILES string of the molecule is COc1cc(OC)c2c(=O)cc(C3=CN(c4ccccc4)c4ccccc4C3C=O)oc2c1C1=CCN(Cc2ccccc2)CC1. The summed E-state index contributed by atoms with van der Waals surface area (Å²) in [6.45, 7) is 2.43. The number of hydrogen-bond acceptors (Lipinski definition) is 7. The molecule has 2 aliphatic rings. The van der Waals surface area contributed by atoms with Crippen LogP contribution in [0.1, 0.15) is 34.8 Å². The summed E-state index contributed by atoms with van der Waals surface area (Å²) in [5, 5.41) is 0.342. The molecule has 1 unspecified atom stereocenters. The Kier molecular flexibility index (Phi) is 7.99. The maximum Gasteiger partial charge on any atom is 0.197 e. The third-order valence-electron chi connectivity index (χ3n) is 8.82. The van der Waals surface area contributed by atoms with Crippen molar-refractivity contribution < 1.29 is 18.7 Å². The van der Waals surface area contributed by atoms with Crippen LogP contribution in [0.2, 0.25) is 0 Å². The smallest absolute Gasteiger partial charge is 0.197 e. The highest BCUT2D eigenvalue weighted by Crippen LogP contribution is 2.46. The van der Waals surface area contributed by atoms with Gasteiger partial charge in [0.05, 0.1) is 25.7 Å². The number of ether oxygens (including phenoxy) is 2. The molecule has 2 aliphatic heterocycles. The number of carbonyl (C=O) groups is 1. The number of aldehydes is 1. The van der Waals surface area contributed by atoms with Gasteiger partial charge < -0.3 is 23.6 Å². The van der Waals surface area contributed by atoms with Gasteiger partial charge in [0.25, 0.3) is 0 Å². The Bertz CT molecular complexity index is 2030. The number of carbonyl (C=O) groups excluding carboxylic acids is 1. The minimum atomic E-state index is -0.631. The highest BCUT2D eigenvalue weighted by Gasteiger charge is 2.31. The molecule has 0 fully saturated rings. The Morgan fingerprint density at radius 1 is 0.891 bits per heavy atom. The van der Waals surface area contributed by atoms with Crippen molar-refractivity contribution in [2.75, 3.05) is 32.2 Å². The molecule has 0 aliphatic carbocycles. The summed E-state index contributed by atoms with van der Waals surface area (Å²) in [5.74, 6) is 0.629. The molecule has 0 spiro atoms. The van der Waals surface area contributed by atoms with E-state index in [1.54, 1.807) is 13.2 Å². The van der Waals surface area contributed by atoms with Crippen LogP contribution in [-0.2, 0) is 11.3 Å². The number of anilines is 2. The average Bonchev–Trinajstić information content (AvgIpc) is 3.11. The first kappa shape index (κ1) is 29.3. The summed E-state index contributed by atoms with van der Waals surface area (Å²) in [5.41, 5.74) is 6.41. The molecule has 0 bridgehead atoms. The molecule has 7 heteroatoms. The van der Waals surface area contributed by atoms with E-state index < -0.39 is 5.92 Å². The van der Waals surface area contributed by atoms with Gasteiger partial charge in [-0.05, 0) is 41.3 Å². The van der Waals surface area contributed by atoms with Gasteiger partial charge in [0.15, 0.2) is 11.0 Å². The quantitative estimate of drug-likeness (QED) is 0.168. The van der Waals surface area contributed by atoms with Gasteiger partial charge in [0.1, 0.15) is 28.9 Å². The van der Waals surface area contributed by atoms with Crippen LogP contribution in [-0.4, -0.2) is 38.5 Å². The fourth-order valence-electron chi connectivity index (χ4n) is 6.56. The summed E-state index contributed by atoms with van der Waals surface area (Å²) < 4.78 is 18.3. The van der Waals surface area contributed by atoms with Gasteiger partial charge in [-0.1, -0.05) is 72.8 Å². The summed E-state index contributed by atoms with van der Waals surface area (Å²) in [4.78, 5) is 31.1. The molecular weight excluding hydrogens is 576 g/mol. The highest BCUT2D eigenvalue weighted by atomic mass is 16.5. The van der Waals surface area contributed by atoms with Crippen LogP contribution in [0.4, 0.5) is 11.4 Å². The van der Waals surface area contributed by atoms with E-state index in [1.807, 2.05) is 71.8 Å². The standard InChI is InChI=1S/C39H34N2O5/c1-44-35-22-36(45-2)38-33(43)21-34(46-39(38)37(35)27-17-19-40(20-18-27)23-26-11-5-3-6-12-26)30-24-41(28-13-7-4-8-14-28)32-16-10-9-15-29(32)31(30)25-42/h3-17,21-22,24-25,31H,18-20,23H2,1-2H3. The van der Waals surface area contributed by atoms with Crippen molar-refractivity contribution in [3.8, 4) is 11.5 Å². The molecular formula is C39H34N2O5. The molecule has 0 N–H and O–H groups in total. The monoisotopic (exact) mass is 610 g/mol. The molecule has 0 radical (unpaired) electrons. The number of rotatable bonds is 8. The first-order chi connectivity index (χ1) is 22.6. The normalized spacial score (nSPS) is 16.4. The Morgan fingerprint density at radius 2 is 1.61 bits per heavy atom. The molecule has 0 amide bonds. The van der Waals surface area contributed by atoms with Crippen LogP contribution in [0.3, 0.4) is 0 Å². The zero-order valence-corrected chi connectivity index (χ0v) is 25.8. The van der Waals surface area contributed by atoms with Crippen LogP contribution < -0.4 is 19.8 Å². The van der Waals surface area contributed by atoms with Crippen molar-refractivity contribution in [1.82, 2.24) is 4.90 Å². The van der Waals surface area contributed by atoms with Crippen molar-refractivity contribution in [3.63, 3.8) is 0 Å². The fourth-order valence-corrected chi connectivity index (χ4v) is 6.56. The first-order valence-corrected chi connectivity index (χ1v) is 15.4. The van der Waals surface area contributed by atoms with E-state index in [0.29, 0.717) is 33.8 Å².